The molecule has 0 aromatic heterocycles. The Kier molecular flexibility index (Phi) is 4.12. The van der Waals surface area contributed by atoms with Crippen molar-refractivity contribution in [3.05, 3.63) is 54.6 Å². The van der Waals surface area contributed by atoms with E-state index in [-0.39, 0.29) is 18.5 Å². The van der Waals surface area contributed by atoms with Crippen molar-refractivity contribution in [1.29, 1.82) is 0 Å². The molecular formula is C20H21N3O3. The summed E-state index contributed by atoms with van der Waals surface area (Å²) in [6.07, 6.45) is 0. The van der Waals surface area contributed by atoms with Crippen LogP contribution in [0.15, 0.2) is 54.6 Å². The van der Waals surface area contributed by atoms with E-state index in [4.69, 9.17) is 0 Å². The molecular weight excluding hydrogens is 330 g/mol. The van der Waals surface area contributed by atoms with E-state index in [1.165, 1.54) is 0 Å². The smallest absolute Gasteiger partial charge is 0.321 e. The SMILES string of the molecule is O=C(Nc1ccc(-c2ccccc2)cc1)N1C[C@@H]2CNC[C@]2(C(=O)O)C1. The molecule has 134 valence electrons. The molecule has 2 aromatic carbocycles. The second kappa shape index (κ2) is 6.46. The van der Waals surface area contributed by atoms with Gasteiger partial charge in [0.15, 0.2) is 0 Å². The van der Waals surface area contributed by atoms with Crippen molar-refractivity contribution >= 4 is 17.7 Å². The van der Waals surface area contributed by atoms with Gasteiger partial charge in [0, 0.05) is 37.8 Å². The summed E-state index contributed by atoms with van der Waals surface area (Å²) in [7, 11) is 0. The van der Waals surface area contributed by atoms with E-state index in [0.29, 0.717) is 25.3 Å². The fourth-order valence-electron chi connectivity index (χ4n) is 3.96. The number of nitrogens with one attached hydrogen (secondary N) is 2. The number of nitrogens with zero attached hydrogens (tertiary/aromatic N) is 1. The van der Waals surface area contributed by atoms with Crippen molar-refractivity contribution in [3.8, 4) is 11.1 Å². The molecule has 0 spiro atoms. The standard InChI is InChI=1S/C20H21N3O3/c24-18(25)20-12-21-10-16(20)11-23(13-20)19(26)22-17-8-6-15(7-9-17)14-4-2-1-3-5-14/h1-9,16,21H,10-13H2,(H,22,26)(H,24,25)/t16-,20-/m0/s1. The third-order valence-corrected chi connectivity index (χ3v) is 5.48. The Balaban J connectivity index is 1.43. The number of aliphatic carboxylic acids is 1. The van der Waals surface area contributed by atoms with Gasteiger partial charge in [0.05, 0.1) is 0 Å². The van der Waals surface area contributed by atoms with Gasteiger partial charge in [-0.2, -0.15) is 0 Å². The first kappa shape index (κ1) is 16.6. The topological polar surface area (TPSA) is 81.7 Å². The summed E-state index contributed by atoms with van der Waals surface area (Å²) in [6, 6.07) is 17.4. The highest BCUT2D eigenvalue weighted by Crippen LogP contribution is 2.39. The van der Waals surface area contributed by atoms with Crippen LogP contribution < -0.4 is 10.6 Å². The van der Waals surface area contributed by atoms with Gasteiger partial charge in [-0.3, -0.25) is 4.79 Å². The van der Waals surface area contributed by atoms with E-state index in [0.717, 1.165) is 11.1 Å². The van der Waals surface area contributed by atoms with Crippen molar-refractivity contribution < 1.29 is 14.7 Å². The normalized spacial score (nSPS) is 24.3. The van der Waals surface area contributed by atoms with Crippen molar-refractivity contribution in [2.45, 2.75) is 0 Å². The summed E-state index contributed by atoms with van der Waals surface area (Å²) in [5, 5.41) is 15.6. The number of urea groups is 1. The van der Waals surface area contributed by atoms with Gasteiger partial charge in [-0.05, 0) is 23.3 Å². The Labute approximate surface area is 151 Å². The highest BCUT2D eigenvalue weighted by molar-refractivity contribution is 5.91. The van der Waals surface area contributed by atoms with Crippen LogP contribution in [0.4, 0.5) is 10.5 Å². The van der Waals surface area contributed by atoms with Crippen molar-refractivity contribution in [2.75, 3.05) is 31.5 Å². The molecule has 3 N–H and O–H groups in total. The van der Waals surface area contributed by atoms with Gasteiger partial charge >= 0.3 is 12.0 Å². The van der Waals surface area contributed by atoms with Crippen LogP contribution in [0, 0.1) is 11.3 Å². The minimum absolute atomic E-state index is 0.0359. The lowest BCUT2D eigenvalue weighted by molar-refractivity contribution is -0.148. The first-order valence-electron chi connectivity index (χ1n) is 8.74. The molecule has 2 aliphatic heterocycles. The Morgan fingerprint density at radius 1 is 1.08 bits per heavy atom. The highest BCUT2D eigenvalue weighted by Gasteiger charge is 2.56. The minimum Gasteiger partial charge on any atom is -0.481 e. The van der Waals surface area contributed by atoms with Gasteiger partial charge in [0.25, 0.3) is 0 Å². The molecule has 2 aliphatic rings. The Bertz CT molecular complexity index is 822. The van der Waals surface area contributed by atoms with E-state index < -0.39 is 11.4 Å². The molecule has 6 nitrogen and oxygen atoms in total. The summed E-state index contributed by atoms with van der Waals surface area (Å²) < 4.78 is 0. The summed E-state index contributed by atoms with van der Waals surface area (Å²) >= 11 is 0. The van der Waals surface area contributed by atoms with Gasteiger partial charge in [-0.15, -0.1) is 0 Å². The molecule has 2 heterocycles. The number of hydrogen-bond donors (Lipinski definition) is 3. The number of carbonyl (C=O) groups excluding carboxylic acids is 1. The molecule has 4 rings (SSSR count). The van der Waals surface area contributed by atoms with Gasteiger partial charge in [0.2, 0.25) is 0 Å². The van der Waals surface area contributed by atoms with Crippen LogP contribution in [0.3, 0.4) is 0 Å². The van der Waals surface area contributed by atoms with Crippen LogP contribution in [-0.4, -0.2) is 48.2 Å². The summed E-state index contributed by atoms with van der Waals surface area (Å²) in [5.41, 5.74) is 2.05. The quantitative estimate of drug-likeness (QED) is 0.794. The van der Waals surface area contributed by atoms with Crippen LogP contribution in [0.5, 0.6) is 0 Å². The first-order valence-corrected chi connectivity index (χ1v) is 8.74. The van der Waals surface area contributed by atoms with Crippen molar-refractivity contribution in [2.24, 2.45) is 11.3 Å². The van der Waals surface area contributed by atoms with Crippen LogP contribution in [0.25, 0.3) is 11.1 Å². The van der Waals surface area contributed by atoms with Gasteiger partial charge in [0.1, 0.15) is 5.41 Å². The summed E-state index contributed by atoms with van der Waals surface area (Å²) in [5.74, 6) is -0.860. The average molecular weight is 351 g/mol. The Morgan fingerprint density at radius 2 is 1.77 bits per heavy atom. The molecule has 2 aromatic rings. The maximum absolute atomic E-state index is 12.6. The van der Waals surface area contributed by atoms with E-state index in [9.17, 15) is 14.7 Å². The van der Waals surface area contributed by atoms with E-state index in [1.807, 2.05) is 54.6 Å². The molecule has 0 bridgehead atoms. The molecule has 2 amide bonds. The van der Waals surface area contributed by atoms with Crippen LogP contribution in [-0.2, 0) is 4.79 Å². The predicted molar refractivity (Wildman–Crippen MR) is 98.9 cm³/mol. The van der Waals surface area contributed by atoms with Crippen molar-refractivity contribution in [3.63, 3.8) is 0 Å². The number of benzene rings is 2. The Morgan fingerprint density at radius 3 is 2.42 bits per heavy atom. The maximum Gasteiger partial charge on any atom is 0.321 e. The first-order chi connectivity index (χ1) is 12.6. The van der Waals surface area contributed by atoms with E-state index in [2.05, 4.69) is 10.6 Å². The fourth-order valence-corrected chi connectivity index (χ4v) is 3.96. The molecule has 0 radical (unpaired) electrons. The van der Waals surface area contributed by atoms with Gasteiger partial charge in [-0.25, -0.2) is 4.79 Å². The number of fused-ring (bicyclic) bond motifs is 1. The van der Waals surface area contributed by atoms with E-state index in [1.54, 1.807) is 4.90 Å². The second-order valence-corrected chi connectivity index (χ2v) is 7.04. The van der Waals surface area contributed by atoms with Gasteiger partial charge in [-0.1, -0.05) is 42.5 Å². The summed E-state index contributed by atoms with van der Waals surface area (Å²) in [4.78, 5) is 25.9. The Hall–Kier alpha value is -2.86. The van der Waals surface area contributed by atoms with Crippen LogP contribution >= 0.6 is 0 Å². The number of hydrogen-bond acceptors (Lipinski definition) is 3. The van der Waals surface area contributed by atoms with Crippen LogP contribution in [0.1, 0.15) is 0 Å². The largest absolute Gasteiger partial charge is 0.481 e. The number of carbonyl (C=O) groups is 2. The van der Waals surface area contributed by atoms with Gasteiger partial charge < -0.3 is 20.6 Å². The number of amides is 2. The molecule has 6 heteroatoms. The predicted octanol–water partition coefficient (Wildman–Crippen LogP) is 2.49. The minimum atomic E-state index is -0.853. The third-order valence-electron chi connectivity index (χ3n) is 5.48. The fraction of sp³-hybridized carbons (Fsp3) is 0.300. The molecule has 2 fully saturated rings. The number of carboxylic acid groups (broad SMARTS) is 1. The molecule has 26 heavy (non-hydrogen) atoms. The average Bonchev–Trinajstić information content (AvgIpc) is 3.22. The monoisotopic (exact) mass is 351 g/mol. The lowest BCUT2D eigenvalue weighted by Gasteiger charge is -2.22. The van der Waals surface area contributed by atoms with Crippen LogP contribution in [0.2, 0.25) is 0 Å². The second-order valence-electron chi connectivity index (χ2n) is 7.04. The van der Waals surface area contributed by atoms with Crippen molar-refractivity contribution in [1.82, 2.24) is 10.2 Å². The number of likely N-dealkylation sites (tertiary alicyclic amines) is 1. The number of carboxylic acids is 1. The molecule has 0 aliphatic carbocycles. The molecule has 0 saturated carbocycles. The maximum atomic E-state index is 12.6. The highest BCUT2D eigenvalue weighted by atomic mass is 16.4. The zero-order chi connectivity index (χ0) is 18.1. The molecule has 0 unspecified atom stereocenters. The zero-order valence-corrected chi connectivity index (χ0v) is 14.3. The number of anilines is 1. The zero-order valence-electron chi connectivity index (χ0n) is 14.3. The lowest BCUT2D eigenvalue weighted by atomic mass is 9.81. The molecule has 2 saturated heterocycles. The summed E-state index contributed by atoms with van der Waals surface area (Å²) in [6.45, 7) is 1.77. The lowest BCUT2D eigenvalue weighted by Crippen LogP contribution is -2.42. The third kappa shape index (κ3) is 2.82. The molecule has 2 atom stereocenters. The van der Waals surface area contributed by atoms with E-state index >= 15 is 0 Å². The number of rotatable bonds is 3.